The van der Waals surface area contributed by atoms with Crippen molar-refractivity contribution in [3.8, 4) is 0 Å². The van der Waals surface area contributed by atoms with Crippen LogP contribution >= 0.6 is 11.6 Å². The smallest absolute Gasteiger partial charge is 0.255 e. The molecule has 3 nitrogen and oxygen atoms in total. The van der Waals surface area contributed by atoms with Crippen LogP contribution in [0.1, 0.15) is 46.3 Å². The van der Waals surface area contributed by atoms with Crippen molar-refractivity contribution in [2.75, 3.05) is 6.54 Å². The lowest BCUT2D eigenvalue weighted by molar-refractivity contribution is 0.0620. The fourth-order valence-corrected chi connectivity index (χ4v) is 3.82. The summed E-state index contributed by atoms with van der Waals surface area (Å²) in [4.78, 5) is 18.8. The monoisotopic (exact) mass is 298 g/mol. The topological polar surface area (TPSA) is 33.2 Å². The molecule has 0 radical (unpaired) electrons. The lowest BCUT2D eigenvalue weighted by Gasteiger charge is -2.33. The first-order valence-electron chi connectivity index (χ1n) is 7.24. The van der Waals surface area contributed by atoms with E-state index >= 15 is 0 Å². The second-order valence-electron chi connectivity index (χ2n) is 5.75. The van der Waals surface area contributed by atoms with Crippen LogP contribution < -0.4 is 0 Å². The van der Waals surface area contributed by atoms with Gasteiger partial charge >= 0.3 is 0 Å². The fourth-order valence-electron chi connectivity index (χ4n) is 3.64. The lowest BCUT2D eigenvalue weighted by atomic mass is 9.95. The summed E-state index contributed by atoms with van der Waals surface area (Å²) in [7, 11) is 0. The van der Waals surface area contributed by atoms with Crippen molar-refractivity contribution in [3.05, 3.63) is 64.4 Å². The Labute approximate surface area is 128 Å². The van der Waals surface area contributed by atoms with E-state index in [1.165, 1.54) is 11.1 Å². The van der Waals surface area contributed by atoms with Crippen LogP contribution in [-0.2, 0) is 0 Å². The Balaban J connectivity index is 1.70. The summed E-state index contributed by atoms with van der Waals surface area (Å²) >= 11 is 6.12. The Bertz CT molecular complexity index is 701. The molecular formula is C17H15ClN2O. The number of hydrogen-bond donors (Lipinski definition) is 0. The van der Waals surface area contributed by atoms with Gasteiger partial charge in [-0.15, -0.1) is 0 Å². The molecule has 2 atom stereocenters. The molecule has 1 saturated heterocycles. The molecule has 0 saturated carbocycles. The number of fused-ring (bicyclic) bond motifs is 5. The molecule has 2 heterocycles. The van der Waals surface area contributed by atoms with Gasteiger partial charge in [0.1, 0.15) is 0 Å². The number of carbonyl (C=O) groups excluding carboxylic acids is 1. The zero-order valence-corrected chi connectivity index (χ0v) is 12.3. The van der Waals surface area contributed by atoms with Gasteiger partial charge in [0.15, 0.2) is 0 Å². The number of amides is 1. The summed E-state index contributed by atoms with van der Waals surface area (Å²) in [5.74, 6) is 0.621. The number of hydrogen-bond acceptors (Lipinski definition) is 2. The van der Waals surface area contributed by atoms with E-state index in [1.54, 1.807) is 12.4 Å². The van der Waals surface area contributed by atoms with Crippen LogP contribution in [0.3, 0.4) is 0 Å². The minimum absolute atomic E-state index is 0.0781. The van der Waals surface area contributed by atoms with Gasteiger partial charge < -0.3 is 4.90 Å². The maximum absolute atomic E-state index is 12.7. The lowest BCUT2D eigenvalue weighted by Crippen LogP contribution is -2.37. The third kappa shape index (κ3) is 2.04. The van der Waals surface area contributed by atoms with Crippen LogP contribution in [0, 0.1) is 0 Å². The normalized spacial score (nSPS) is 23.0. The van der Waals surface area contributed by atoms with E-state index in [1.807, 2.05) is 23.1 Å². The Kier molecular flexibility index (Phi) is 2.96. The highest BCUT2D eigenvalue weighted by Crippen LogP contribution is 2.49. The number of piperidine rings is 1. The number of pyridine rings is 1. The summed E-state index contributed by atoms with van der Waals surface area (Å²) in [5, 5.41) is 0.784. The molecule has 106 valence electrons. The molecule has 2 bridgehead atoms. The third-order valence-corrected chi connectivity index (χ3v) is 4.85. The van der Waals surface area contributed by atoms with Gasteiger partial charge in [-0.05, 0) is 54.2 Å². The van der Waals surface area contributed by atoms with E-state index in [0.717, 1.165) is 24.4 Å². The number of carbonyl (C=O) groups is 1. The van der Waals surface area contributed by atoms with E-state index in [-0.39, 0.29) is 11.9 Å². The Morgan fingerprint density at radius 2 is 2.19 bits per heavy atom. The molecule has 1 fully saturated rings. The van der Waals surface area contributed by atoms with Gasteiger partial charge in [-0.1, -0.05) is 17.7 Å². The first-order chi connectivity index (χ1) is 10.2. The maximum Gasteiger partial charge on any atom is 0.255 e. The molecule has 0 spiro atoms. The van der Waals surface area contributed by atoms with E-state index in [2.05, 4.69) is 17.1 Å². The second-order valence-corrected chi connectivity index (χ2v) is 6.19. The standard InChI is InChI=1S/C17H15ClN2O/c18-13-3-4-14-15(9-13)11-5-7-20(16(14)8-11)17(21)12-2-1-6-19-10-12/h1-4,6,9-11,16H,5,7-8H2/t11?,16-/m1/s1. The van der Waals surface area contributed by atoms with Gasteiger partial charge in [-0.3, -0.25) is 9.78 Å². The summed E-state index contributed by atoms with van der Waals surface area (Å²) < 4.78 is 0. The number of halogens is 1. The number of nitrogens with zero attached hydrogens (tertiary/aromatic N) is 2. The average Bonchev–Trinajstić information content (AvgIpc) is 2.80. The molecule has 2 aromatic rings. The highest BCUT2D eigenvalue weighted by atomic mass is 35.5. The van der Waals surface area contributed by atoms with E-state index in [0.29, 0.717) is 11.5 Å². The van der Waals surface area contributed by atoms with Crippen molar-refractivity contribution in [1.82, 2.24) is 9.88 Å². The molecular weight excluding hydrogens is 284 g/mol. The van der Waals surface area contributed by atoms with Crippen LogP contribution in [-0.4, -0.2) is 22.3 Å². The first-order valence-corrected chi connectivity index (χ1v) is 7.62. The quantitative estimate of drug-likeness (QED) is 0.802. The van der Waals surface area contributed by atoms with E-state index in [9.17, 15) is 4.79 Å². The van der Waals surface area contributed by atoms with Crippen LogP contribution in [0.2, 0.25) is 5.02 Å². The fraction of sp³-hybridized carbons (Fsp3) is 0.294. The van der Waals surface area contributed by atoms with Crippen molar-refractivity contribution in [2.45, 2.75) is 24.8 Å². The van der Waals surface area contributed by atoms with Gasteiger partial charge in [0.2, 0.25) is 0 Å². The summed E-state index contributed by atoms with van der Waals surface area (Å²) in [5.41, 5.74) is 3.26. The molecule has 1 aromatic carbocycles. The van der Waals surface area contributed by atoms with Crippen molar-refractivity contribution in [3.63, 3.8) is 0 Å². The van der Waals surface area contributed by atoms with Crippen LogP contribution in [0.15, 0.2) is 42.7 Å². The first kappa shape index (κ1) is 12.8. The number of aromatic nitrogens is 1. The molecule has 1 aromatic heterocycles. The zero-order chi connectivity index (χ0) is 14.4. The van der Waals surface area contributed by atoms with Crippen LogP contribution in [0.4, 0.5) is 0 Å². The maximum atomic E-state index is 12.7. The number of rotatable bonds is 1. The number of benzene rings is 1. The molecule has 1 aliphatic carbocycles. The second kappa shape index (κ2) is 4.85. The van der Waals surface area contributed by atoms with Crippen molar-refractivity contribution in [1.29, 1.82) is 0 Å². The van der Waals surface area contributed by atoms with Crippen molar-refractivity contribution >= 4 is 17.5 Å². The number of likely N-dealkylation sites (tertiary alicyclic amines) is 1. The zero-order valence-electron chi connectivity index (χ0n) is 11.5. The Morgan fingerprint density at radius 3 is 3.00 bits per heavy atom. The highest BCUT2D eigenvalue weighted by molar-refractivity contribution is 6.30. The van der Waals surface area contributed by atoms with E-state index in [4.69, 9.17) is 11.6 Å². The van der Waals surface area contributed by atoms with Crippen molar-refractivity contribution < 1.29 is 4.79 Å². The Morgan fingerprint density at radius 1 is 1.29 bits per heavy atom. The molecule has 0 N–H and O–H groups in total. The summed E-state index contributed by atoms with van der Waals surface area (Å²) in [6.07, 6.45) is 5.36. The van der Waals surface area contributed by atoms with E-state index < -0.39 is 0 Å². The molecule has 1 unspecified atom stereocenters. The molecule has 4 heteroatoms. The molecule has 4 rings (SSSR count). The SMILES string of the molecule is O=C(c1cccnc1)N1CCC2C[C@@H]1c1ccc(Cl)cc12. The van der Waals surface area contributed by atoms with Crippen LogP contribution in [0.5, 0.6) is 0 Å². The summed E-state index contributed by atoms with van der Waals surface area (Å²) in [6, 6.07) is 9.90. The van der Waals surface area contributed by atoms with Gasteiger partial charge in [-0.25, -0.2) is 0 Å². The molecule has 1 amide bonds. The molecule has 21 heavy (non-hydrogen) atoms. The average molecular weight is 299 g/mol. The third-order valence-electron chi connectivity index (χ3n) is 4.62. The summed E-state index contributed by atoms with van der Waals surface area (Å²) in [6.45, 7) is 0.801. The van der Waals surface area contributed by atoms with Gasteiger partial charge in [0, 0.05) is 24.0 Å². The van der Waals surface area contributed by atoms with Crippen LogP contribution in [0.25, 0.3) is 0 Å². The predicted molar refractivity (Wildman–Crippen MR) is 81.4 cm³/mol. The minimum atomic E-state index is 0.0781. The van der Waals surface area contributed by atoms with Crippen molar-refractivity contribution in [2.24, 2.45) is 0 Å². The molecule has 2 aliphatic rings. The predicted octanol–water partition coefficient (Wildman–Crippen LogP) is 3.81. The minimum Gasteiger partial charge on any atom is -0.332 e. The highest BCUT2D eigenvalue weighted by Gasteiger charge is 2.40. The molecule has 1 aliphatic heterocycles. The van der Waals surface area contributed by atoms with Gasteiger partial charge in [0.25, 0.3) is 5.91 Å². The largest absolute Gasteiger partial charge is 0.332 e. The van der Waals surface area contributed by atoms with Gasteiger partial charge in [0.05, 0.1) is 11.6 Å². The Hall–Kier alpha value is -1.87. The van der Waals surface area contributed by atoms with Gasteiger partial charge in [-0.2, -0.15) is 0 Å².